The van der Waals surface area contributed by atoms with E-state index in [1.54, 1.807) is 0 Å². The van der Waals surface area contributed by atoms with E-state index in [2.05, 4.69) is 20.9 Å². The number of fused-ring (bicyclic) bond motifs is 1. The number of halogens is 1. The monoisotopic (exact) mass is 282 g/mol. The van der Waals surface area contributed by atoms with Crippen LogP contribution in [0.5, 0.6) is 0 Å². The minimum absolute atomic E-state index is 0.117. The first-order chi connectivity index (χ1) is 7.58. The van der Waals surface area contributed by atoms with Crippen molar-refractivity contribution in [3.63, 3.8) is 0 Å². The molecule has 0 aromatic carbocycles. The first-order valence-electron chi connectivity index (χ1n) is 4.93. The lowest BCUT2D eigenvalue weighted by atomic mass is 10.2. The molecule has 0 aliphatic rings. The zero-order valence-corrected chi connectivity index (χ0v) is 10.4. The van der Waals surface area contributed by atoms with Gasteiger partial charge in [-0.05, 0) is 35.0 Å². The van der Waals surface area contributed by atoms with E-state index in [0.29, 0.717) is 6.42 Å². The van der Waals surface area contributed by atoms with Gasteiger partial charge in [-0.1, -0.05) is 0 Å². The fourth-order valence-electron chi connectivity index (χ4n) is 1.65. The predicted octanol–water partition coefficient (Wildman–Crippen LogP) is 2.42. The number of hydrogen-bond donors (Lipinski definition) is 1. The summed E-state index contributed by atoms with van der Waals surface area (Å²) in [6, 6.07) is 3.82. The van der Waals surface area contributed by atoms with Gasteiger partial charge in [0.05, 0.1) is 12.1 Å². The summed E-state index contributed by atoms with van der Waals surface area (Å²) in [6.45, 7) is 1.95. The van der Waals surface area contributed by atoms with Gasteiger partial charge in [0, 0.05) is 22.8 Å². The lowest BCUT2D eigenvalue weighted by Gasteiger charge is -1.97. The summed E-state index contributed by atoms with van der Waals surface area (Å²) in [4.78, 5) is 14.9. The number of aromatic nitrogens is 2. The fourth-order valence-corrected chi connectivity index (χ4v) is 1.98. The maximum absolute atomic E-state index is 10.5. The molecular formula is C11H11BrN2O2. The van der Waals surface area contributed by atoms with Crippen molar-refractivity contribution in [2.75, 3.05) is 0 Å². The van der Waals surface area contributed by atoms with Gasteiger partial charge in [-0.25, -0.2) is 4.98 Å². The Morgan fingerprint density at radius 3 is 3.00 bits per heavy atom. The lowest BCUT2D eigenvalue weighted by molar-refractivity contribution is -0.136. The molecular weight excluding hydrogens is 272 g/mol. The molecule has 0 radical (unpaired) electrons. The van der Waals surface area contributed by atoms with E-state index in [9.17, 15) is 4.79 Å². The largest absolute Gasteiger partial charge is 0.481 e. The Balaban J connectivity index is 2.40. The zero-order chi connectivity index (χ0) is 11.7. The molecule has 0 saturated heterocycles. The van der Waals surface area contributed by atoms with E-state index < -0.39 is 5.97 Å². The van der Waals surface area contributed by atoms with Gasteiger partial charge in [-0.3, -0.25) is 4.79 Å². The second-order valence-corrected chi connectivity index (χ2v) is 4.53. The maximum atomic E-state index is 10.5. The normalized spacial score (nSPS) is 10.9. The van der Waals surface area contributed by atoms with Gasteiger partial charge >= 0.3 is 5.97 Å². The van der Waals surface area contributed by atoms with Gasteiger partial charge in [0.2, 0.25) is 0 Å². The Labute approximate surface area is 101 Å². The Morgan fingerprint density at radius 1 is 1.56 bits per heavy atom. The first kappa shape index (κ1) is 11.1. The van der Waals surface area contributed by atoms with Gasteiger partial charge in [0.25, 0.3) is 0 Å². The highest BCUT2D eigenvalue weighted by atomic mass is 79.9. The SMILES string of the molecule is Cc1c(CCC(=O)O)nc2ccc(Br)cn12. The number of pyridine rings is 1. The first-order valence-corrected chi connectivity index (χ1v) is 5.72. The van der Waals surface area contributed by atoms with Crippen LogP contribution in [-0.4, -0.2) is 20.5 Å². The number of nitrogens with zero attached hydrogens (tertiary/aromatic N) is 2. The Morgan fingerprint density at radius 2 is 2.31 bits per heavy atom. The number of imidazole rings is 1. The molecule has 2 heterocycles. The lowest BCUT2D eigenvalue weighted by Crippen LogP contribution is -1.99. The number of carboxylic acid groups (broad SMARTS) is 1. The quantitative estimate of drug-likeness (QED) is 0.941. The van der Waals surface area contributed by atoms with Crippen LogP contribution in [0.15, 0.2) is 22.8 Å². The van der Waals surface area contributed by atoms with E-state index in [1.807, 2.05) is 29.7 Å². The third kappa shape index (κ3) is 2.09. The summed E-state index contributed by atoms with van der Waals surface area (Å²) in [7, 11) is 0. The van der Waals surface area contributed by atoms with Crippen molar-refractivity contribution >= 4 is 27.5 Å². The standard InChI is InChI=1S/C11H11BrN2O2/c1-7-9(3-5-11(15)16)13-10-4-2-8(12)6-14(7)10/h2,4,6H,3,5H2,1H3,(H,15,16). The van der Waals surface area contributed by atoms with E-state index in [1.165, 1.54) is 0 Å². The Hall–Kier alpha value is -1.36. The summed E-state index contributed by atoms with van der Waals surface area (Å²) in [5.41, 5.74) is 2.69. The average Bonchev–Trinajstić information content (AvgIpc) is 2.53. The van der Waals surface area contributed by atoms with Crippen LogP contribution in [0.4, 0.5) is 0 Å². The van der Waals surface area contributed by atoms with Crippen molar-refractivity contribution < 1.29 is 9.90 Å². The summed E-state index contributed by atoms with van der Waals surface area (Å²) in [5.74, 6) is -0.794. The Bertz CT molecular complexity index is 548. The van der Waals surface area contributed by atoms with Crippen LogP contribution in [0.2, 0.25) is 0 Å². The molecule has 0 atom stereocenters. The van der Waals surface area contributed by atoms with Crippen LogP contribution in [0.3, 0.4) is 0 Å². The topological polar surface area (TPSA) is 54.6 Å². The molecule has 0 bridgehead atoms. The molecule has 2 aromatic heterocycles. The average molecular weight is 283 g/mol. The summed E-state index contributed by atoms with van der Waals surface area (Å²) >= 11 is 3.40. The van der Waals surface area contributed by atoms with Gasteiger partial charge in [-0.15, -0.1) is 0 Å². The molecule has 2 rings (SSSR count). The minimum atomic E-state index is -0.794. The minimum Gasteiger partial charge on any atom is -0.481 e. The van der Waals surface area contributed by atoms with Crippen molar-refractivity contribution in [3.8, 4) is 0 Å². The highest BCUT2D eigenvalue weighted by Gasteiger charge is 2.09. The molecule has 0 saturated carbocycles. The van der Waals surface area contributed by atoms with Crippen molar-refractivity contribution in [2.45, 2.75) is 19.8 Å². The summed E-state index contributed by atoms with van der Waals surface area (Å²) < 4.78 is 2.94. The van der Waals surface area contributed by atoms with Gasteiger partial charge in [0.15, 0.2) is 0 Å². The van der Waals surface area contributed by atoms with Gasteiger partial charge in [0.1, 0.15) is 5.65 Å². The highest BCUT2D eigenvalue weighted by molar-refractivity contribution is 9.10. The number of rotatable bonds is 3. The van der Waals surface area contributed by atoms with Crippen molar-refractivity contribution in [2.24, 2.45) is 0 Å². The molecule has 0 unspecified atom stereocenters. The highest BCUT2D eigenvalue weighted by Crippen LogP contribution is 2.17. The molecule has 0 amide bonds. The molecule has 16 heavy (non-hydrogen) atoms. The fraction of sp³-hybridized carbons (Fsp3) is 0.273. The van der Waals surface area contributed by atoms with Crippen molar-refractivity contribution in [1.82, 2.24) is 9.38 Å². The number of carbonyl (C=O) groups is 1. The van der Waals surface area contributed by atoms with Gasteiger partial charge in [-0.2, -0.15) is 0 Å². The second kappa shape index (κ2) is 4.25. The van der Waals surface area contributed by atoms with E-state index in [-0.39, 0.29) is 6.42 Å². The van der Waals surface area contributed by atoms with E-state index in [0.717, 1.165) is 21.5 Å². The summed E-state index contributed by atoms with van der Waals surface area (Å²) in [5, 5.41) is 8.64. The molecule has 4 nitrogen and oxygen atoms in total. The molecule has 0 spiro atoms. The number of aliphatic carboxylic acids is 1. The predicted molar refractivity (Wildman–Crippen MR) is 63.6 cm³/mol. The van der Waals surface area contributed by atoms with Crippen LogP contribution in [0.1, 0.15) is 17.8 Å². The van der Waals surface area contributed by atoms with E-state index >= 15 is 0 Å². The van der Waals surface area contributed by atoms with E-state index in [4.69, 9.17) is 5.11 Å². The van der Waals surface area contributed by atoms with Crippen molar-refractivity contribution in [3.05, 3.63) is 34.2 Å². The second-order valence-electron chi connectivity index (χ2n) is 3.61. The van der Waals surface area contributed by atoms with Crippen LogP contribution in [-0.2, 0) is 11.2 Å². The molecule has 2 aromatic rings. The molecule has 0 fully saturated rings. The van der Waals surface area contributed by atoms with Crippen molar-refractivity contribution in [1.29, 1.82) is 0 Å². The maximum Gasteiger partial charge on any atom is 0.303 e. The third-order valence-corrected chi connectivity index (χ3v) is 2.96. The number of carboxylic acids is 1. The molecule has 5 heteroatoms. The van der Waals surface area contributed by atoms with Crippen LogP contribution in [0, 0.1) is 6.92 Å². The molecule has 0 aliphatic carbocycles. The Kier molecular flexibility index (Phi) is 2.96. The molecule has 84 valence electrons. The third-order valence-electron chi connectivity index (χ3n) is 2.50. The van der Waals surface area contributed by atoms with Crippen LogP contribution >= 0.6 is 15.9 Å². The summed E-state index contributed by atoms with van der Waals surface area (Å²) in [6.07, 6.45) is 2.52. The van der Waals surface area contributed by atoms with Gasteiger partial charge < -0.3 is 9.51 Å². The zero-order valence-electron chi connectivity index (χ0n) is 8.77. The molecule has 0 aliphatic heterocycles. The smallest absolute Gasteiger partial charge is 0.303 e. The molecule has 1 N–H and O–H groups in total. The number of aryl methyl sites for hydroxylation is 2. The van der Waals surface area contributed by atoms with Crippen LogP contribution < -0.4 is 0 Å². The van der Waals surface area contributed by atoms with Crippen LogP contribution in [0.25, 0.3) is 5.65 Å². The number of hydrogen-bond acceptors (Lipinski definition) is 2.